The van der Waals surface area contributed by atoms with E-state index in [4.69, 9.17) is 11.5 Å². The highest BCUT2D eigenvalue weighted by Gasteiger charge is 2.48. The first-order valence-electron chi connectivity index (χ1n) is 12.1. The van der Waals surface area contributed by atoms with Crippen LogP contribution < -0.4 is 11.5 Å². The van der Waals surface area contributed by atoms with E-state index >= 15 is 0 Å². The molecule has 0 amide bonds. The Morgan fingerprint density at radius 2 is 1.47 bits per heavy atom. The van der Waals surface area contributed by atoms with Gasteiger partial charge in [0.15, 0.2) is 5.79 Å². The summed E-state index contributed by atoms with van der Waals surface area (Å²) < 4.78 is 0. The van der Waals surface area contributed by atoms with E-state index in [0.29, 0.717) is 30.1 Å². The Morgan fingerprint density at radius 3 is 2.09 bits per heavy atom. The van der Waals surface area contributed by atoms with Crippen LogP contribution in [0.25, 0.3) is 0 Å². The molecule has 0 aromatic heterocycles. The van der Waals surface area contributed by atoms with Gasteiger partial charge < -0.3 is 26.8 Å². The molecule has 2 aromatic rings. The van der Waals surface area contributed by atoms with Gasteiger partial charge in [-0.2, -0.15) is 0 Å². The van der Waals surface area contributed by atoms with Crippen molar-refractivity contribution in [2.24, 2.45) is 17.8 Å². The second-order valence-electron chi connectivity index (χ2n) is 10.3. The molecule has 2 aliphatic carbocycles. The van der Waals surface area contributed by atoms with Gasteiger partial charge in [-0.05, 0) is 78.7 Å². The van der Waals surface area contributed by atoms with Gasteiger partial charge in [0, 0.05) is 6.42 Å². The summed E-state index contributed by atoms with van der Waals surface area (Å²) in [7, 11) is 0. The van der Waals surface area contributed by atoms with E-state index in [1.165, 1.54) is 12.8 Å². The van der Waals surface area contributed by atoms with Crippen LogP contribution >= 0.6 is 0 Å². The number of hydrogen-bond acceptors (Lipinski definition) is 5. The first-order chi connectivity index (χ1) is 15.2. The van der Waals surface area contributed by atoms with E-state index in [0.717, 1.165) is 48.3 Å². The number of anilines is 2. The molecule has 4 rings (SSSR count). The van der Waals surface area contributed by atoms with Crippen LogP contribution in [0.5, 0.6) is 0 Å². The molecule has 0 radical (unpaired) electrons. The van der Waals surface area contributed by atoms with Gasteiger partial charge in [0.05, 0.1) is 23.4 Å². The van der Waals surface area contributed by atoms with Gasteiger partial charge in [-0.3, -0.25) is 0 Å². The van der Waals surface area contributed by atoms with Crippen molar-refractivity contribution >= 4 is 11.4 Å². The number of aliphatic hydroxyl groups excluding tert-OH is 1. The van der Waals surface area contributed by atoms with Crippen molar-refractivity contribution in [3.63, 3.8) is 0 Å². The van der Waals surface area contributed by atoms with Gasteiger partial charge in [0.25, 0.3) is 0 Å². The van der Waals surface area contributed by atoms with Crippen molar-refractivity contribution in [3.8, 4) is 0 Å². The van der Waals surface area contributed by atoms with Crippen LogP contribution in [0, 0.1) is 17.8 Å². The lowest BCUT2D eigenvalue weighted by atomic mass is 9.65. The van der Waals surface area contributed by atoms with Crippen molar-refractivity contribution in [1.82, 2.24) is 0 Å². The van der Waals surface area contributed by atoms with Crippen molar-refractivity contribution in [2.75, 3.05) is 11.5 Å². The van der Waals surface area contributed by atoms with E-state index < -0.39 is 17.8 Å². The topological polar surface area (TPSA) is 113 Å². The quantitative estimate of drug-likeness (QED) is 0.358. The summed E-state index contributed by atoms with van der Waals surface area (Å²) in [6, 6.07) is 13.7. The normalized spacial score (nSPS) is 30.2. The minimum absolute atomic E-state index is 0.176. The lowest BCUT2D eigenvalue weighted by Gasteiger charge is -2.46. The van der Waals surface area contributed by atoms with Crippen molar-refractivity contribution in [1.29, 1.82) is 0 Å². The predicted molar refractivity (Wildman–Crippen MR) is 129 cm³/mol. The molecule has 5 heteroatoms. The standard InChI is InChI=1S/C27H38N2O3/c1-17-2-9-20(10-3-17)22-15-25(30)26(27(31,32)16-22)21-11-6-18(7-12-21)4-5-19-8-13-23(28)24(29)14-19/h6-8,11-14,17,20,22,25-26,30-32H,2-5,9-10,15-16,28-29H2,1H3. The zero-order valence-corrected chi connectivity index (χ0v) is 19.1. The maximum absolute atomic E-state index is 11.0. The molecule has 2 aromatic carbocycles. The highest BCUT2D eigenvalue weighted by molar-refractivity contribution is 5.63. The molecular weight excluding hydrogens is 400 g/mol. The molecule has 32 heavy (non-hydrogen) atoms. The van der Waals surface area contributed by atoms with Gasteiger partial charge in [0.2, 0.25) is 0 Å². The molecule has 0 bridgehead atoms. The fraction of sp³-hybridized carbons (Fsp3) is 0.556. The van der Waals surface area contributed by atoms with Gasteiger partial charge in [0.1, 0.15) is 0 Å². The minimum atomic E-state index is -1.88. The fourth-order valence-corrected chi connectivity index (χ4v) is 5.92. The fourth-order valence-electron chi connectivity index (χ4n) is 5.92. The summed E-state index contributed by atoms with van der Waals surface area (Å²) >= 11 is 0. The smallest absolute Gasteiger partial charge is 0.172 e. The highest BCUT2D eigenvalue weighted by Crippen LogP contribution is 2.47. The van der Waals surface area contributed by atoms with Crippen LogP contribution in [0.1, 0.15) is 68.1 Å². The van der Waals surface area contributed by atoms with Crippen molar-refractivity contribution in [3.05, 3.63) is 59.2 Å². The van der Waals surface area contributed by atoms with Gasteiger partial charge in [-0.15, -0.1) is 0 Å². The third kappa shape index (κ3) is 5.11. The molecule has 0 heterocycles. The van der Waals surface area contributed by atoms with E-state index in [9.17, 15) is 15.3 Å². The summed E-state index contributed by atoms with van der Waals surface area (Å²) in [4.78, 5) is 0. The number of benzene rings is 2. The lowest BCUT2D eigenvalue weighted by molar-refractivity contribution is -0.231. The Morgan fingerprint density at radius 1 is 0.844 bits per heavy atom. The number of aliphatic hydroxyl groups is 3. The number of aryl methyl sites for hydroxylation is 2. The molecule has 3 atom stereocenters. The number of nitrogens with two attached hydrogens (primary N) is 2. The molecule has 2 saturated carbocycles. The first-order valence-corrected chi connectivity index (χ1v) is 12.1. The Kier molecular flexibility index (Phi) is 6.80. The van der Waals surface area contributed by atoms with Crippen LogP contribution in [-0.4, -0.2) is 27.2 Å². The van der Waals surface area contributed by atoms with Gasteiger partial charge in [-0.1, -0.05) is 50.1 Å². The van der Waals surface area contributed by atoms with Crippen molar-refractivity contribution < 1.29 is 15.3 Å². The third-order valence-corrected chi connectivity index (χ3v) is 7.91. The second-order valence-corrected chi connectivity index (χ2v) is 10.3. The molecule has 5 nitrogen and oxygen atoms in total. The van der Waals surface area contributed by atoms with E-state index in [1.807, 2.05) is 42.5 Å². The highest BCUT2D eigenvalue weighted by atomic mass is 16.5. The Hall–Kier alpha value is -2.08. The molecule has 0 saturated heterocycles. The maximum Gasteiger partial charge on any atom is 0.172 e. The van der Waals surface area contributed by atoms with E-state index in [-0.39, 0.29) is 5.92 Å². The average molecular weight is 439 g/mol. The average Bonchev–Trinajstić information content (AvgIpc) is 2.75. The maximum atomic E-state index is 11.0. The molecule has 2 fully saturated rings. The SMILES string of the molecule is CC1CCC(C2CC(O)C(c3ccc(CCc4ccc(N)c(N)c4)cc3)C(O)(O)C2)CC1. The predicted octanol–water partition coefficient (Wildman–Crippen LogP) is 4.00. The minimum Gasteiger partial charge on any atom is -0.397 e. The molecule has 0 spiro atoms. The van der Waals surface area contributed by atoms with E-state index in [2.05, 4.69) is 6.92 Å². The van der Waals surface area contributed by atoms with Crippen LogP contribution in [0.3, 0.4) is 0 Å². The first kappa shape index (κ1) is 23.1. The van der Waals surface area contributed by atoms with Crippen LogP contribution in [0.2, 0.25) is 0 Å². The molecule has 3 unspecified atom stereocenters. The second kappa shape index (κ2) is 9.42. The van der Waals surface area contributed by atoms with Gasteiger partial charge >= 0.3 is 0 Å². The van der Waals surface area contributed by atoms with Crippen LogP contribution in [0.4, 0.5) is 11.4 Å². The molecule has 0 aliphatic heterocycles. The molecule has 7 N–H and O–H groups in total. The molecule has 174 valence electrons. The van der Waals surface area contributed by atoms with Gasteiger partial charge in [-0.25, -0.2) is 0 Å². The monoisotopic (exact) mass is 438 g/mol. The Labute approximate surface area is 191 Å². The largest absolute Gasteiger partial charge is 0.397 e. The summed E-state index contributed by atoms with van der Waals surface area (Å²) in [5.74, 6) is -1.13. The summed E-state index contributed by atoms with van der Waals surface area (Å²) in [6.07, 6.45) is 6.61. The number of nitrogen functional groups attached to an aromatic ring is 2. The molecular formula is C27H38N2O3. The zero-order chi connectivity index (χ0) is 22.9. The third-order valence-electron chi connectivity index (χ3n) is 7.91. The Bertz CT molecular complexity index is 904. The van der Waals surface area contributed by atoms with Crippen LogP contribution in [0.15, 0.2) is 42.5 Å². The Balaban J connectivity index is 1.40. The summed E-state index contributed by atoms with van der Waals surface area (Å²) in [6.45, 7) is 2.29. The summed E-state index contributed by atoms with van der Waals surface area (Å²) in [5.41, 5.74) is 16.0. The zero-order valence-electron chi connectivity index (χ0n) is 19.1. The molecule has 2 aliphatic rings. The number of hydrogen-bond donors (Lipinski definition) is 5. The summed E-state index contributed by atoms with van der Waals surface area (Å²) in [5, 5.41) is 32.8. The number of rotatable bonds is 5. The van der Waals surface area contributed by atoms with Crippen LogP contribution in [-0.2, 0) is 12.8 Å². The van der Waals surface area contributed by atoms with E-state index in [1.54, 1.807) is 0 Å². The lowest BCUT2D eigenvalue weighted by Crippen LogP contribution is -2.50. The van der Waals surface area contributed by atoms with Crippen molar-refractivity contribution in [2.45, 2.75) is 76.1 Å².